The SMILES string of the molecule is Nc1cc(CCCSCCSSCCSCCCc2ccc(O)c(N)c2)ccc1O. The largest absolute Gasteiger partial charge is 0.506 e. The summed E-state index contributed by atoms with van der Waals surface area (Å²) in [6.07, 6.45) is 4.30. The maximum Gasteiger partial charge on any atom is 0.138 e. The topological polar surface area (TPSA) is 92.5 Å². The van der Waals surface area contributed by atoms with Crippen molar-refractivity contribution >= 4 is 56.5 Å². The van der Waals surface area contributed by atoms with Crippen molar-refractivity contribution in [1.29, 1.82) is 0 Å². The molecule has 0 saturated carbocycles. The molecule has 2 aromatic carbocycles. The summed E-state index contributed by atoms with van der Waals surface area (Å²) in [5, 5.41) is 18.9. The summed E-state index contributed by atoms with van der Waals surface area (Å²) < 4.78 is 0. The van der Waals surface area contributed by atoms with Crippen LogP contribution >= 0.6 is 45.1 Å². The summed E-state index contributed by atoms with van der Waals surface area (Å²) in [5.41, 5.74) is 14.8. The van der Waals surface area contributed by atoms with Gasteiger partial charge in [0.05, 0.1) is 11.4 Å². The Morgan fingerprint density at radius 1 is 0.600 bits per heavy atom. The van der Waals surface area contributed by atoms with Gasteiger partial charge in [0.15, 0.2) is 0 Å². The van der Waals surface area contributed by atoms with Crippen molar-refractivity contribution in [3.05, 3.63) is 47.5 Å². The zero-order valence-corrected chi connectivity index (χ0v) is 20.5. The van der Waals surface area contributed by atoms with Crippen LogP contribution in [0.4, 0.5) is 11.4 Å². The fraction of sp³-hybridized carbons (Fsp3) is 0.455. The van der Waals surface area contributed by atoms with Crippen LogP contribution in [0.25, 0.3) is 0 Å². The third-order valence-corrected chi connectivity index (χ3v) is 9.46. The fourth-order valence-corrected chi connectivity index (χ4v) is 7.54. The highest BCUT2D eigenvalue weighted by Gasteiger charge is 2.01. The van der Waals surface area contributed by atoms with Gasteiger partial charge >= 0.3 is 0 Å². The van der Waals surface area contributed by atoms with Crippen LogP contribution in [0.1, 0.15) is 24.0 Å². The van der Waals surface area contributed by atoms with E-state index in [0.29, 0.717) is 11.4 Å². The molecule has 166 valence electrons. The molecule has 0 bridgehead atoms. The quantitative estimate of drug-likeness (QED) is 0.111. The number of rotatable bonds is 15. The van der Waals surface area contributed by atoms with Crippen LogP contribution in [0.2, 0.25) is 0 Å². The molecule has 0 radical (unpaired) electrons. The Bertz CT molecular complexity index is 698. The normalized spacial score (nSPS) is 11.1. The number of hydrogen-bond acceptors (Lipinski definition) is 8. The number of aromatic hydroxyl groups is 2. The van der Waals surface area contributed by atoms with Crippen LogP contribution in [-0.2, 0) is 12.8 Å². The molecule has 2 aromatic rings. The first kappa shape index (κ1) is 25.3. The lowest BCUT2D eigenvalue weighted by molar-refractivity contribution is 0.477. The second kappa shape index (κ2) is 14.9. The summed E-state index contributed by atoms with van der Waals surface area (Å²) in [6.45, 7) is 0. The van der Waals surface area contributed by atoms with E-state index in [1.54, 1.807) is 12.1 Å². The van der Waals surface area contributed by atoms with Gasteiger partial charge in [-0.2, -0.15) is 23.5 Å². The standard InChI is InChI=1S/C22H32N2O2S4/c23-19-15-17(5-7-21(19)25)3-1-9-27-11-13-29-30-14-12-28-10-2-4-18-6-8-22(26)20(24)16-18/h5-8,15-16,25-26H,1-4,9-14,23-24H2. The molecule has 30 heavy (non-hydrogen) atoms. The lowest BCUT2D eigenvalue weighted by atomic mass is 10.1. The molecule has 0 aliphatic rings. The molecular formula is C22H32N2O2S4. The maximum atomic E-state index is 9.44. The average Bonchev–Trinajstić information content (AvgIpc) is 2.73. The minimum absolute atomic E-state index is 0.167. The van der Waals surface area contributed by atoms with Gasteiger partial charge in [-0.3, -0.25) is 0 Å². The van der Waals surface area contributed by atoms with Crippen LogP contribution in [0.15, 0.2) is 36.4 Å². The summed E-state index contributed by atoms with van der Waals surface area (Å²) >= 11 is 4.02. The molecule has 8 heteroatoms. The first-order valence-electron chi connectivity index (χ1n) is 10.1. The molecule has 0 aliphatic carbocycles. The first-order valence-corrected chi connectivity index (χ1v) is 14.9. The molecule has 0 aromatic heterocycles. The maximum absolute atomic E-state index is 9.44. The van der Waals surface area contributed by atoms with E-state index in [1.165, 1.54) is 34.1 Å². The van der Waals surface area contributed by atoms with Crippen LogP contribution in [0.3, 0.4) is 0 Å². The van der Waals surface area contributed by atoms with Crippen molar-refractivity contribution in [2.45, 2.75) is 25.7 Å². The van der Waals surface area contributed by atoms with E-state index in [1.807, 2.05) is 69.4 Å². The van der Waals surface area contributed by atoms with Crippen molar-refractivity contribution in [2.24, 2.45) is 0 Å². The molecule has 0 saturated heterocycles. The first-order chi connectivity index (χ1) is 14.6. The minimum Gasteiger partial charge on any atom is -0.506 e. The number of aryl methyl sites for hydroxylation is 2. The van der Waals surface area contributed by atoms with Crippen molar-refractivity contribution in [3.63, 3.8) is 0 Å². The second-order valence-electron chi connectivity index (χ2n) is 6.86. The van der Waals surface area contributed by atoms with Crippen LogP contribution in [-0.4, -0.2) is 44.7 Å². The molecule has 2 rings (SSSR count). The summed E-state index contributed by atoms with van der Waals surface area (Å²) in [5.74, 6) is 7.42. The van der Waals surface area contributed by atoms with Gasteiger partial charge in [-0.1, -0.05) is 33.7 Å². The molecule has 0 amide bonds. The van der Waals surface area contributed by atoms with Gasteiger partial charge < -0.3 is 21.7 Å². The molecule has 4 nitrogen and oxygen atoms in total. The van der Waals surface area contributed by atoms with Gasteiger partial charge in [-0.25, -0.2) is 0 Å². The Morgan fingerprint density at radius 3 is 1.43 bits per heavy atom. The molecule has 0 atom stereocenters. The van der Waals surface area contributed by atoms with E-state index < -0.39 is 0 Å². The number of phenols is 2. The second-order valence-corrected chi connectivity index (χ2v) is 12.0. The number of benzene rings is 2. The Morgan fingerprint density at radius 2 is 1.03 bits per heavy atom. The average molecular weight is 485 g/mol. The molecule has 0 spiro atoms. The Hall–Kier alpha value is -0.960. The molecule has 6 N–H and O–H groups in total. The van der Waals surface area contributed by atoms with E-state index in [-0.39, 0.29) is 11.5 Å². The highest BCUT2D eigenvalue weighted by atomic mass is 33.1. The van der Waals surface area contributed by atoms with Gasteiger partial charge in [0, 0.05) is 23.0 Å². The molecule has 0 unspecified atom stereocenters. The zero-order valence-electron chi connectivity index (χ0n) is 17.2. The van der Waals surface area contributed by atoms with Gasteiger partial charge in [-0.05, 0) is 72.6 Å². The van der Waals surface area contributed by atoms with E-state index >= 15 is 0 Å². The lowest BCUT2D eigenvalue weighted by Gasteiger charge is -2.05. The summed E-state index contributed by atoms with van der Waals surface area (Å²) in [4.78, 5) is 0. The summed E-state index contributed by atoms with van der Waals surface area (Å²) in [7, 11) is 3.95. The number of nitrogen functional groups attached to an aromatic ring is 2. The highest BCUT2D eigenvalue weighted by Crippen LogP contribution is 2.25. The van der Waals surface area contributed by atoms with Crippen molar-refractivity contribution in [1.82, 2.24) is 0 Å². The van der Waals surface area contributed by atoms with Gasteiger partial charge in [0.25, 0.3) is 0 Å². The van der Waals surface area contributed by atoms with E-state index in [2.05, 4.69) is 0 Å². The molecule has 0 fully saturated rings. The smallest absolute Gasteiger partial charge is 0.138 e. The number of nitrogens with two attached hydrogens (primary N) is 2. The van der Waals surface area contributed by atoms with Gasteiger partial charge in [0.2, 0.25) is 0 Å². The molecule has 0 aliphatic heterocycles. The monoisotopic (exact) mass is 484 g/mol. The van der Waals surface area contributed by atoms with E-state index in [4.69, 9.17) is 11.5 Å². The predicted molar refractivity (Wildman–Crippen MR) is 141 cm³/mol. The van der Waals surface area contributed by atoms with Gasteiger partial charge in [0.1, 0.15) is 11.5 Å². The minimum atomic E-state index is 0.167. The Balaban J connectivity index is 1.34. The van der Waals surface area contributed by atoms with E-state index in [9.17, 15) is 10.2 Å². The van der Waals surface area contributed by atoms with Crippen LogP contribution < -0.4 is 11.5 Å². The van der Waals surface area contributed by atoms with Crippen molar-refractivity contribution < 1.29 is 10.2 Å². The van der Waals surface area contributed by atoms with Crippen molar-refractivity contribution in [2.75, 3.05) is 46.0 Å². The lowest BCUT2D eigenvalue weighted by Crippen LogP contribution is -1.93. The number of thioether (sulfide) groups is 2. The Kier molecular flexibility index (Phi) is 12.6. The van der Waals surface area contributed by atoms with Gasteiger partial charge in [-0.15, -0.1) is 0 Å². The van der Waals surface area contributed by atoms with Crippen molar-refractivity contribution in [3.8, 4) is 11.5 Å². The highest BCUT2D eigenvalue weighted by molar-refractivity contribution is 8.76. The number of hydrogen-bond donors (Lipinski definition) is 4. The van der Waals surface area contributed by atoms with Crippen LogP contribution in [0.5, 0.6) is 11.5 Å². The third-order valence-electron chi connectivity index (χ3n) is 4.40. The van der Waals surface area contributed by atoms with E-state index in [0.717, 1.165) is 37.2 Å². The zero-order chi connectivity index (χ0) is 21.6. The van der Waals surface area contributed by atoms with Crippen LogP contribution in [0, 0.1) is 0 Å². The number of anilines is 2. The Labute approximate surface area is 196 Å². The fourth-order valence-electron chi connectivity index (χ4n) is 2.78. The molecule has 0 heterocycles. The number of phenolic OH excluding ortho intramolecular Hbond substituents is 2. The molecular weight excluding hydrogens is 453 g/mol. The predicted octanol–water partition coefficient (Wildman–Crippen LogP) is 5.68. The third kappa shape index (κ3) is 10.4. The summed E-state index contributed by atoms with van der Waals surface area (Å²) in [6, 6.07) is 11.0.